The third-order valence-corrected chi connectivity index (χ3v) is 2.69. The van der Waals surface area contributed by atoms with Crippen LogP contribution in [-0.2, 0) is 14.3 Å². The molecule has 1 atom stereocenters. The Morgan fingerprint density at radius 2 is 2.00 bits per heavy atom. The van der Waals surface area contributed by atoms with E-state index in [0.29, 0.717) is 0 Å². The maximum Gasteiger partial charge on any atom is 0.315 e. The van der Waals surface area contributed by atoms with Crippen LogP contribution < -0.4 is 0 Å². The molecule has 0 spiro atoms. The lowest BCUT2D eigenvalue weighted by Gasteiger charge is -2.24. The highest BCUT2D eigenvalue weighted by Gasteiger charge is 2.19. The molecular weight excluding hydrogens is 220 g/mol. The second-order valence-corrected chi connectivity index (χ2v) is 3.71. The van der Waals surface area contributed by atoms with Gasteiger partial charge in [-0.3, -0.25) is 14.6 Å². The van der Waals surface area contributed by atoms with E-state index in [2.05, 4.69) is 9.72 Å². The molecule has 1 aromatic heterocycles. The molecule has 17 heavy (non-hydrogen) atoms. The quantitative estimate of drug-likeness (QED) is 0.581. The number of methoxy groups -OCH3 is 1. The minimum Gasteiger partial charge on any atom is -0.469 e. The maximum absolute atomic E-state index is 11.7. The molecule has 92 valence electrons. The van der Waals surface area contributed by atoms with Gasteiger partial charge in [0.2, 0.25) is 5.91 Å². The summed E-state index contributed by atoms with van der Waals surface area (Å²) >= 11 is 0. The normalized spacial score (nSPS) is 11.7. The first-order valence-corrected chi connectivity index (χ1v) is 5.28. The van der Waals surface area contributed by atoms with Crippen LogP contribution >= 0.6 is 0 Å². The van der Waals surface area contributed by atoms with Gasteiger partial charge in [-0.2, -0.15) is 0 Å². The highest BCUT2D eigenvalue weighted by atomic mass is 16.5. The summed E-state index contributed by atoms with van der Waals surface area (Å²) in [5.74, 6) is -0.787. The Balaban J connectivity index is 2.67. The van der Waals surface area contributed by atoms with Gasteiger partial charge in [-0.05, 0) is 24.6 Å². The van der Waals surface area contributed by atoms with E-state index < -0.39 is 5.97 Å². The molecule has 1 amide bonds. The standard InChI is InChI=1S/C12H16N2O3/c1-9(10-4-6-13-7-5-10)14(2)11(15)8-12(16)17-3/h4-7,9H,8H2,1-3H3/t9-/m1/s1. The molecule has 0 unspecified atom stereocenters. The number of carbonyl (C=O) groups excluding carboxylic acids is 2. The average Bonchev–Trinajstić information content (AvgIpc) is 2.37. The second-order valence-electron chi connectivity index (χ2n) is 3.71. The molecule has 1 heterocycles. The topological polar surface area (TPSA) is 59.5 Å². The zero-order valence-corrected chi connectivity index (χ0v) is 10.2. The summed E-state index contributed by atoms with van der Waals surface area (Å²) in [5, 5.41) is 0. The van der Waals surface area contributed by atoms with Crippen LogP contribution in [0.15, 0.2) is 24.5 Å². The van der Waals surface area contributed by atoms with Crippen LogP contribution in [-0.4, -0.2) is 35.9 Å². The van der Waals surface area contributed by atoms with Gasteiger partial charge in [-0.15, -0.1) is 0 Å². The van der Waals surface area contributed by atoms with Crippen LogP contribution in [0, 0.1) is 0 Å². The number of carbonyl (C=O) groups is 2. The van der Waals surface area contributed by atoms with Crippen molar-refractivity contribution in [2.24, 2.45) is 0 Å². The molecule has 0 bridgehead atoms. The number of ether oxygens (including phenoxy) is 1. The molecular formula is C12H16N2O3. The smallest absolute Gasteiger partial charge is 0.315 e. The number of hydrogen-bond acceptors (Lipinski definition) is 4. The zero-order chi connectivity index (χ0) is 12.8. The Morgan fingerprint density at radius 3 is 2.53 bits per heavy atom. The molecule has 0 radical (unpaired) electrons. The van der Waals surface area contributed by atoms with Crippen LogP contribution in [0.3, 0.4) is 0 Å². The second kappa shape index (κ2) is 5.98. The monoisotopic (exact) mass is 236 g/mol. The molecule has 0 saturated heterocycles. The number of aromatic nitrogens is 1. The van der Waals surface area contributed by atoms with Gasteiger partial charge in [0.05, 0.1) is 13.2 Å². The lowest BCUT2D eigenvalue weighted by molar-refractivity contribution is -0.147. The summed E-state index contributed by atoms with van der Waals surface area (Å²) in [4.78, 5) is 28.2. The number of nitrogens with zero attached hydrogens (tertiary/aromatic N) is 2. The van der Waals surface area contributed by atoms with Gasteiger partial charge >= 0.3 is 5.97 Å². The Kier molecular flexibility index (Phi) is 4.63. The molecule has 0 aliphatic rings. The third-order valence-electron chi connectivity index (χ3n) is 2.69. The van der Waals surface area contributed by atoms with Gasteiger partial charge in [0.1, 0.15) is 6.42 Å². The predicted octanol–water partition coefficient (Wildman–Crippen LogP) is 1.16. The van der Waals surface area contributed by atoms with Crippen LogP contribution in [0.4, 0.5) is 0 Å². The SMILES string of the molecule is COC(=O)CC(=O)N(C)[C@H](C)c1ccncc1. The molecule has 1 aromatic rings. The van der Waals surface area contributed by atoms with Crippen molar-refractivity contribution >= 4 is 11.9 Å². The Morgan fingerprint density at radius 1 is 1.41 bits per heavy atom. The predicted molar refractivity (Wildman–Crippen MR) is 62.1 cm³/mol. The summed E-state index contributed by atoms with van der Waals surface area (Å²) in [5.41, 5.74) is 0.973. The Labute approximate surface area is 100 Å². The third kappa shape index (κ3) is 3.55. The maximum atomic E-state index is 11.7. The van der Waals surface area contributed by atoms with Gasteiger partial charge in [-0.1, -0.05) is 0 Å². The van der Waals surface area contributed by atoms with Gasteiger partial charge in [0.15, 0.2) is 0 Å². The van der Waals surface area contributed by atoms with Crippen LogP contribution in [0.25, 0.3) is 0 Å². The molecule has 0 fully saturated rings. The van der Waals surface area contributed by atoms with E-state index in [9.17, 15) is 9.59 Å². The summed E-state index contributed by atoms with van der Waals surface area (Å²) < 4.78 is 4.46. The van der Waals surface area contributed by atoms with E-state index >= 15 is 0 Å². The van der Waals surface area contributed by atoms with E-state index in [-0.39, 0.29) is 18.4 Å². The van der Waals surface area contributed by atoms with Gasteiger partial charge < -0.3 is 9.64 Å². The van der Waals surface area contributed by atoms with Crippen LogP contribution in [0.5, 0.6) is 0 Å². The summed E-state index contributed by atoms with van der Waals surface area (Å²) in [6.45, 7) is 1.89. The number of esters is 1. The largest absolute Gasteiger partial charge is 0.469 e. The van der Waals surface area contributed by atoms with E-state index in [4.69, 9.17) is 0 Å². The first-order chi connectivity index (χ1) is 8.06. The molecule has 1 rings (SSSR count). The Hall–Kier alpha value is -1.91. The van der Waals surface area contributed by atoms with E-state index in [1.54, 1.807) is 19.4 Å². The van der Waals surface area contributed by atoms with Crippen molar-refractivity contribution in [2.45, 2.75) is 19.4 Å². The summed E-state index contributed by atoms with van der Waals surface area (Å²) in [6, 6.07) is 3.58. The first kappa shape index (κ1) is 13.2. The lowest BCUT2D eigenvalue weighted by atomic mass is 10.1. The van der Waals surface area contributed by atoms with Gasteiger partial charge in [0, 0.05) is 19.4 Å². The minimum absolute atomic E-state index is 0.102. The molecule has 0 aliphatic carbocycles. The number of pyridine rings is 1. The fraction of sp³-hybridized carbons (Fsp3) is 0.417. The highest BCUT2D eigenvalue weighted by molar-refractivity contribution is 5.94. The number of hydrogen-bond donors (Lipinski definition) is 0. The molecule has 0 aromatic carbocycles. The molecule has 0 N–H and O–H groups in total. The van der Waals surface area contributed by atoms with Crippen molar-refractivity contribution in [3.63, 3.8) is 0 Å². The number of rotatable bonds is 4. The summed E-state index contributed by atoms with van der Waals surface area (Å²) in [6.07, 6.45) is 3.11. The van der Waals surface area contributed by atoms with E-state index in [0.717, 1.165) is 5.56 Å². The van der Waals surface area contributed by atoms with E-state index in [1.165, 1.54) is 12.0 Å². The Bertz CT molecular complexity index is 392. The van der Waals surface area contributed by atoms with Crippen LogP contribution in [0.2, 0.25) is 0 Å². The summed E-state index contributed by atoms with van der Waals surface area (Å²) in [7, 11) is 2.93. The molecule has 5 heteroatoms. The van der Waals surface area contributed by atoms with Crippen molar-refractivity contribution in [3.05, 3.63) is 30.1 Å². The highest BCUT2D eigenvalue weighted by Crippen LogP contribution is 2.18. The van der Waals surface area contributed by atoms with Gasteiger partial charge in [0.25, 0.3) is 0 Å². The van der Waals surface area contributed by atoms with Crippen molar-refractivity contribution in [1.82, 2.24) is 9.88 Å². The average molecular weight is 236 g/mol. The van der Waals surface area contributed by atoms with Crippen molar-refractivity contribution < 1.29 is 14.3 Å². The molecule has 0 aliphatic heterocycles. The lowest BCUT2D eigenvalue weighted by Crippen LogP contribution is -2.31. The van der Waals surface area contributed by atoms with Crippen molar-refractivity contribution in [2.75, 3.05) is 14.2 Å². The fourth-order valence-corrected chi connectivity index (χ4v) is 1.40. The van der Waals surface area contributed by atoms with Crippen molar-refractivity contribution in [1.29, 1.82) is 0 Å². The molecule has 0 saturated carbocycles. The van der Waals surface area contributed by atoms with Crippen LogP contribution in [0.1, 0.15) is 24.9 Å². The van der Waals surface area contributed by atoms with E-state index in [1.807, 2.05) is 19.1 Å². The first-order valence-electron chi connectivity index (χ1n) is 5.28. The fourth-order valence-electron chi connectivity index (χ4n) is 1.40. The zero-order valence-electron chi connectivity index (χ0n) is 10.2. The minimum atomic E-state index is -0.524. The molecule has 5 nitrogen and oxygen atoms in total. The van der Waals surface area contributed by atoms with Gasteiger partial charge in [-0.25, -0.2) is 0 Å². The number of amides is 1. The van der Waals surface area contributed by atoms with Crippen molar-refractivity contribution in [3.8, 4) is 0 Å².